The summed E-state index contributed by atoms with van der Waals surface area (Å²) in [6.07, 6.45) is 3.45. The zero-order valence-electron chi connectivity index (χ0n) is 12.4. The fourth-order valence-corrected chi connectivity index (χ4v) is 2.21. The SMILES string of the molecule is CCC(CC)NC(=O)CCNC(=O)CN1CCCC1=O. The lowest BCUT2D eigenvalue weighted by atomic mass is 10.1. The molecular formula is C14H25N3O3. The van der Waals surface area contributed by atoms with Crippen LogP contribution < -0.4 is 10.6 Å². The van der Waals surface area contributed by atoms with E-state index in [0.717, 1.165) is 19.3 Å². The summed E-state index contributed by atoms with van der Waals surface area (Å²) >= 11 is 0. The summed E-state index contributed by atoms with van der Waals surface area (Å²) < 4.78 is 0. The van der Waals surface area contributed by atoms with Gasteiger partial charge >= 0.3 is 0 Å². The van der Waals surface area contributed by atoms with Gasteiger partial charge in [0.1, 0.15) is 0 Å². The third kappa shape index (κ3) is 5.59. The second-order valence-electron chi connectivity index (χ2n) is 5.10. The number of nitrogens with one attached hydrogen (secondary N) is 2. The van der Waals surface area contributed by atoms with Crippen molar-refractivity contribution in [3.8, 4) is 0 Å². The van der Waals surface area contributed by atoms with Crippen LogP contribution in [-0.2, 0) is 14.4 Å². The monoisotopic (exact) mass is 283 g/mol. The highest BCUT2D eigenvalue weighted by molar-refractivity contribution is 5.86. The average molecular weight is 283 g/mol. The van der Waals surface area contributed by atoms with E-state index in [1.807, 2.05) is 13.8 Å². The van der Waals surface area contributed by atoms with Gasteiger partial charge in [-0.25, -0.2) is 0 Å². The van der Waals surface area contributed by atoms with Crippen LogP contribution in [0.25, 0.3) is 0 Å². The normalized spacial score (nSPS) is 14.8. The minimum absolute atomic E-state index is 0.0339. The van der Waals surface area contributed by atoms with Crippen LogP contribution in [0.4, 0.5) is 0 Å². The van der Waals surface area contributed by atoms with Gasteiger partial charge < -0.3 is 15.5 Å². The quantitative estimate of drug-likeness (QED) is 0.677. The molecule has 6 nitrogen and oxygen atoms in total. The maximum absolute atomic E-state index is 11.6. The first kappa shape index (κ1) is 16.5. The maximum atomic E-state index is 11.6. The van der Waals surface area contributed by atoms with E-state index in [1.165, 1.54) is 0 Å². The molecule has 0 aromatic heterocycles. The van der Waals surface area contributed by atoms with Crippen LogP contribution in [0.2, 0.25) is 0 Å². The van der Waals surface area contributed by atoms with E-state index in [4.69, 9.17) is 0 Å². The molecule has 114 valence electrons. The van der Waals surface area contributed by atoms with Crippen molar-refractivity contribution in [3.05, 3.63) is 0 Å². The average Bonchev–Trinajstić information content (AvgIpc) is 2.81. The second-order valence-corrected chi connectivity index (χ2v) is 5.10. The molecule has 0 atom stereocenters. The molecule has 0 bridgehead atoms. The van der Waals surface area contributed by atoms with Crippen molar-refractivity contribution in [1.29, 1.82) is 0 Å². The molecule has 0 aliphatic carbocycles. The summed E-state index contributed by atoms with van der Waals surface area (Å²) in [5, 5.41) is 5.59. The first-order valence-corrected chi connectivity index (χ1v) is 7.40. The largest absolute Gasteiger partial charge is 0.354 e. The second kappa shape index (κ2) is 8.55. The van der Waals surface area contributed by atoms with Gasteiger partial charge in [0, 0.05) is 32.0 Å². The van der Waals surface area contributed by atoms with E-state index in [1.54, 1.807) is 4.90 Å². The summed E-state index contributed by atoms with van der Waals surface area (Å²) in [6.45, 7) is 5.13. The van der Waals surface area contributed by atoms with Crippen molar-refractivity contribution in [2.24, 2.45) is 0 Å². The summed E-state index contributed by atoms with van der Waals surface area (Å²) in [6, 6.07) is 0.209. The molecule has 0 saturated carbocycles. The van der Waals surface area contributed by atoms with Gasteiger partial charge in [-0.3, -0.25) is 14.4 Å². The standard InChI is InChI=1S/C14H25N3O3/c1-3-11(4-2)16-12(18)7-8-15-13(19)10-17-9-5-6-14(17)20/h11H,3-10H2,1-2H3,(H,15,19)(H,16,18). The Kier molecular flexibility index (Phi) is 7.04. The molecule has 1 rings (SSSR count). The Morgan fingerprint density at radius 1 is 1.25 bits per heavy atom. The molecule has 2 N–H and O–H groups in total. The summed E-state index contributed by atoms with van der Waals surface area (Å²) in [7, 11) is 0. The zero-order chi connectivity index (χ0) is 15.0. The lowest BCUT2D eigenvalue weighted by Gasteiger charge is -2.16. The maximum Gasteiger partial charge on any atom is 0.239 e. The van der Waals surface area contributed by atoms with Crippen molar-refractivity contribution in [3.63, 3.8) is 0 Å². The summed E-state index contributed by atoms with van der Waals surface area (Å²) in [4.78, 5) is 36.2. The summed E-state index contributed by atoms with van der Waals surface area (Å²) in [5.74, 6) is -0.210. The number of carbonyl (C=O) groups excluding carboxylic acids is 3. The van der Waals surface area contributed by atoms with Gasteiger partial charge in [0.2, 0.25) is 17.7 Å². The Balaban J connectivity index is 2.15. The zero-order valence-corrected chi connectivity index (χ0v) is 12.4. The molecule has 0 spiro atoms. The molecule has 6 heteroatoms. The molecule has 1 aliphatic heterocycles. The van der Waals surface area contributed by atoms with Gasteiger partial charge in [0.05, 0.1) is 6.54 Å². The fraction of sp³-hybridized carbons (Fsp3) is 0.786. The predicted octanol–water partition coefficient (Wildman–Crippen LogP) is 0.420. The number of nitrogens with zero attached hydrogens (tertiary/aromatic N) is 1. The Morgan fingerprint density at radius 2 is 1.95 bits per heavy atom. The minimum Gasteiger partial charge on any atom is -0.354 e. The van der Waals surface area contributed by atoms with Crippen LogP contribution >= 0.6 is 0 Å². The molecule has 0 aromatic carbocycles. The highest BCUT2D eigenvalue weighted by Gasteiger charge is 2.22. The number of amides is 3. The highest BCUT2D eigenvalue weighted by atomic mass is 16.2. The number of rotatable bonds is 8. The van der Waals surface area contributed by atoms with Gasteiger partial charge in [0.15, 0.2) is 0 Å². The lowest BCUT2D eigenvalue weighted by Crippen LogP contribution is -2.40. The van der Waals surface area contributed by atoms with Gasteiger partial charge in [-0.2, -0.15) is 0 Å². The van der Waals surface area contributed by atoms with E-state index < -0.39 is 0 Å². The summed E-state index contributed by atoms with van der Waals surface area (Å²) in [5.41, 5.74) is 0. The van der Waals surface area contributed by atoms with Crippen LogP contribution in [0.15, 0.2) is 0 Å². The third-order valence-corrected chi connectivity index (χ3v) is 3.53. The van der Waals surface area contributed by atoms with Crippen LogP contribution in [0.3, 0.4) is 0 Å². The van der Waals surface area contributed by atoms with E-state index in [-0.39, 0.29) is 36.7 Å². The molecule has 0 unspecified atom stereocenters. The molecule has 1 aliphatic rings. The van der Waals surface area contributed by atoms with Crippen molar-refractivity contribution in [1.82, 2.24) is 15.5 Å². The molecule has 3 amide bonds. The van der Waals surface area contributed by atoms with Gasteiger partial charge in [-0.15, -0.1) is 0 Å². The fourth-order valence-electron chi connectivity index (χ4n) is 2.21. The van der Waals surface area contributed by atoms with Crippen molar-refractivity contribution >= 4 is 17.7 Å². The number of hydrogen-bond donors (Lipinski definition) is 2. The Morgan fingerprint density at radius 3 is 2.50 bits per heavy atom. The Hall–Kier alpha value is -1.59. The first-order valence-electron chi connectivity index (χ1n) is 7.40. The molecule has 1 saturated heterocycles. The molecule has 1 heterocycles. The van der Waals surface area contributed by atoms with E-state index >= 15 is 0 Å². The molecule has 0 aromatic rings. The smallest absolute Gasteiger partial charge is 0.239 e. The number of hydrogen-bond acceptors (Lipinski definition) is 3. The van der Waals surface area contributed by atoms with Gasteiger partial charge in [-0.1, -0.05) is 13.8 Å². The van der Waals surface area contributed by atoms with Crippen LogP contribution in [0, 0.1) is 0 Å². The minimum atomic E-state index is -0.199. The van der Waals surface area contributed by atoms with Gasteiger partial charge in [-0.05, 0) is 19.3 Å². The number of likely N-dealkylation sites (tertiary alicyclic amines) is 1. The topological polar surface area (TPSA) is 78.5 Å². The Bertz CT molecular complexity index is 354. The lowest BCUT2D eigenvalue weighted by molar-refractivity contribution is -0.133. The highest BCUT2D eigenvalue weighted by Crippen LogP contribution is 2.08. The molecular weight excluding hydrogens is 258 g/mol. The first-order chi connectivity index (χ1) is 9.56. The predicted molar refractivity (Wildman–Crippen MR) is 76.0 cm³/mol. The van der Waals surface area contributed by atoms with E-state index in [2.05, 4.69) is 10.6 Å². The number of carbonyl (C=O) groups is 3. The van der Waals surface area contributed by atoms with Crippen molar-refractivity contribution < 1.29 is 14.4 Å². The van der Waals surface area contributed by atoms with Crippen molar-refractivity contribution in [2.45, 2.75) is 52.0 Å². The molecule has 20 heavy (non-hydrogen) atoms. The van der Waals surface area contributed by atoms with E-state index in [9.17, 15) is 14.4 Å². The molecule has 0 radical (unpaired) electrons. The van der Waals surface area contributed by atoms with E-state index in [0.29, 0.717) is 19.5 Å². The van der Waals surface area contributed by atoms with Crippen LogP contribution in [0.5, 0.6) is 0 Å². The van der Waals surface area contributed by atoms with Crippen LogP contribution in [0.1, 0.15) is 46.0 Å². The molecule has 1 fully saturated rings. The Labute approximate surface area is 120 Å². The van der Waals surface area contributed by atoms with Crippen molar-refractivity contribution in [2.75, 3.05) is 19.6 Å². The third-order valence-electron chi connectivity index (χ3n) is 3.53. The van der Waals surface area contributed by atoms with Gasteiger partial charge in [0.25, 0.3) is 0 Å². The van der Waals surface area contributed by atoms with Crippen LogP contribution in [-0.4, -0.2) is 48.3 Å².